The molecule has 0 spiro atoms. The predicted octanol–water partition coefficient (Wildman–Crippen LogP) is 4.37. The lowest BCUT2D eigenvalue weighted by molar-refractivity contribution is 0.188. The van der Waals surface area contributed by atoms with E-state index in [-0.39, 0.29) is 6.61 Å². The number of aromatic nitrogens is 6. The van der Waals surface area contributed by atoms with Crippen LogP contribution in [0.4, 0.5) is 34.5 Å². The summed E-state index contributed by atoms with van der Waals surface area (Å²) < 4.78 is 5.98. The zero-order valence-corrected chi connectivity index (χ0v) is 39.4. The highest BCUT2D eigenvalue weighted by atomic mass is 16.3. The number of aliphatic hydroxyl groups excluding tert-OH is 1. The van der Waals surface area contributed by atoms with Crippen molar-refractivity contribution in [1.29, 1.82) is 0 Å². The van der Waals surface area contributed by atoms with Crippen molar-refractivity contribution in [2.75, 3.05) is 132 Å². The fourth-order valence-corrected chi connectivity index (χ4v) is 9.32. The van der Waals surface area contributed by atoms with Gasteiger partial charge in [0.15, 0.2) is 17.5 Å². The summed E-state index contributed by atoms with van der Waals surface area (Å²) in [5.41, 5.74) is 32.1. The normalized spacial score (nSPS) is 17.6. The maximum Gasteiger partial charge on any atom is 0.175 e. The van der Waals surface area contributed by atoms with Crippen molar-refractivity contribution >= 4 is 51.1 Å². The summed E-state index contributed by atoms with van der Waals surface area (Å²) in [5, 5.41) is 23.4. The molecular weight excluding hydrogens is 791 g/mol. The van der Waals surface area contributed by atoms with Gasteiger partial charge in [-0.15, -0.1) is 15.3 Å². The van der Waals surface area contributed by atoms with E-state index in [1.54, 1.807) is 0 Å². The number of aliphatic hydroxyl groups is 1. The smallest absolute Gasteiger partial charge is 0.175 e. The molecule has 0 radical (unpaired) electrons. The number of rotatable bonds is 9. The Balaban J connectivity index is 0.000000142. The minimum atomic E-state index is 0.218. The number of pyridine rings is 3. The molecular formula is C47H73N15O. The van der Waals surface area contributed by atoms with Crippen LogP contribution >= 0.6 is 0 Å². The van der Waals surface area contributed by atoms with Gasteiger partial charge in [0.2, 0.25) is 0 Å². The molecule has 342 valence electrons. The average molecular weight is 864 g/mol. The molecule has 1 atom stereocenters. The summed E-state index contributed by atoms with van der Waals surface area (Å²) >= 11 is 0. The Morgan fingerprint density at radius 3 is 1.30 bits per heavy atom. The van der Waals surface area contributed by atoms with Crippen molar-refractivity contribution in [1.82, 2.24) is 43.5 Å². The predicted molar refractivity (Wildman–Crippen MR) is 261 cm³/mol. The van der Waals surface area contributed by atoms with Crippen molar-refractivity contribution in [3.05, 3.63) is 70.2 Å². The highest BCUT2D eigenvalue weighted by Gasteiger charge is 2.29. The standard InChI is InChI=1S/C16H25N5O.C16H25N5.C15H23N5/c1-3-13-5-4-12(2)21-15(13)14(17)16(18-21)20-8-6-19(7-9-20)10-11-22;1-5-12-7-6-11(2)21-15(12)14(17)16(18-21)20-9-8-13(10-20)19(3)4;1-4-12-6-5-11(2)20-14(12)13(16)15(17-20)19-9-7-18(3)8-10-19/h4-5,22H,3,6-11,17H2,1-2H3;6-7,13H,5,8-10,17H2,1-4H3;5-6H,4,7-10,16H2,1-3H3. The fourth-order valence-electron chi connectivity index (χ4n) is 9.32. The second-order valence-corrected chi connectivity index (χ2v) is 17.7. The first-order chi connectivity index (χ1) is 30.3. The van der Waals surface area contributed by atoms with Crippen LogP contribution in [-0.4, -0.2) is 154 Å². The van der Waals surface area contributed by atoms with Crippen LogP contribution in [0.2, 0.25) is 0 Å². The maximum absolute atomic E-state index is 9.04. The lowest BCUT2D eigenvalue weighted by atomic mass is 10.1. The number of aryl methyl sites for hydroxylation is 6. The molecule has 3 fully saturated rings. The quantitative estimate of drug-likeness (QED) is 0.162. The lowest BCUT2D eigenvalue weighted by Crippen LogP contribution is -2.47. The van der Waals surface area contributed by atoms with Crippen LogP contribution in [0.15, 0.2) is 36.4 Å². The number of fused-ring (bicyclic) bond motifs is 3. The Morgan fingerprint density at radius 2 is 0.952 bits per heavy atom. The lowest BCUT2D eigenvalue weighted by Gasteiger charge is -2.34. The van der Waals surface area contributed by atoms with E-state index in [2.05, 4.69) is 128 Å². The number of nitrogens with zero attached hydrogens (tertiary/aromatic N) is 12. The van der Waals surface area contributed by atoms with Gasteiger partial charge in [0.1, 0.15) is 17.1 Å². The first-order valence-corrected chi connectivity index (χ1v) is 23.0. The van der Waals surface area contributed by atoms with E-state index < -0.39 is 0 Å². The average Bonchev–Trinajstić information content (AvgIpc) is 4.08. The van der Waals surface area contributed by atoms with E-state index in [1.165, 1.54) is 23.1 Å². The molecule has 9 heterocycles. The molecule has 16 heteroatoms. The van der Waals surface area contributed by atoms with Gasteiger partial charge in [0, 0.05) is 95.1 Å². The van der Waals surface area contributed by atoms with Gasteiger partial charge >= 0.3 is 0 Å². The van der Waals surface area contributed by atoms with Gasteiger partial charge in [-0.2, -0.15) is 0 Å². The van der Waals surface area contributed by atoms with E-state index in [0.29, 0.717) is 6.04 Å². The van der Waals surface area contributed by atoms with E-state index in [1.807, 2.05) is 13.5 Å². The summed E-state index contributed by atoms with van der Waals surface area (Å²) in [6, 6.07) is 13.4. The molecule has 9 rings (SSSR count). The van der Waals surface area contributed by atoms with Crippen molar-refractivity contribution < 1.29 is 5.11 Å². The number of nitrogen functional groups attached to an aromatic ring is 3. The number of anilines is 6. The van der Waals surface area contributed by atoms with Crippen LogP contribution in [0.3, 0.4) is 0 Å². The molecule has 63 heavy (non-hydrogen) atoms. The minimum absolute atomic E-state index is 0.218. The Labute approximate surface area is 373 Å². The van der Waals surface area contributed by atoms with Crippen molar-refractivity contribution in [2.24, 2.45) is 0 Å². The van der Waals surface area contributed by atoms with Gasteiger partial charge in [0.05, 0.1) is 23.2 Å². The molecule has 0 amide bonds. The molecule has 3 aliphatic heterocycles. The number of hydrogen-bond donors (Lipinski definition) is 4. The van der Waals surface area contributed by atoms with Gasteiger partial charge in [-0.05, 0) is 102 Å². The van der Waals surface area contributed by atoms with Gasteiger partial charge < -0.3 is 46.8 Å². The Bertz CT molecular complexity index is 2490. The molecule has 1 unspecified atom stereocenters. The summed E-state index contributed by atoms with van der Waals surface area (Å²) in [4.78, 5) is 13.8. The van der Waals surface area contributed by atoms with E-state index in [4.69, 9.17) is 37.6 Å². The first kappa shape index (κ1) is 45.7. The van der Waals surface area contributed by atoms with Crippen molar-refractivity contribution in [3.63, 3.8) is 0 Å². The Hall–Kier alpha value is -5.29. The van der Waals surface area contributed by atoms with Gasteiger partial charge in [-0.3, -0.25) is 4.90 Å². The third-order valence-corrected chi connectivity index (χ3v) is 13.4. The third kappa shape index (κ3) is 9.22. The zero-order chi connectivity index (χ0) is 45.1. The number of β-amino-alcohol motifs (C(OH)–C–C–N with tert-alkyl or cyclic N) is 1. The molecule has 6 aromatic rings. The van der Waals surface area contributed by atoms with Crippen LogP contribution in [0, 0.1) is 20.8 Å². The van der Waals surface area contributed by atoms with Crippen molar-refractivity contribution in [3.8, 4) is 0 Å². The van der Waals surface area contributed by atoms with Crippen LogP contribution in [0.25, 0.3) is 16.6 Å². The van der Waals surface area contributed by atoms with Gasteiger partial charge in [0.25, 0.3) is 0 Å². The van der Waals surface area contributed by atoms with Crippen LogP contribution in [0.1, 0.15) is 61.0 Å². The monoisotopic (exact) mass is 864 g/mol. The number of piperazine rings is 2. The van der Waals surface area contributed by atoms with Gasteiger partial charge in [-0.25, -0.2) is 13.5 Å². The van der Waals surface area contributed by atoms with Crippen LogP contribution in [0.5, 0.6) is 0 Å². The number of hydrogen-bond acceptors (Lipinski definition) is 13. The second kappa shape index (κ2) is 19.6. The third-order valence-electron chi connectivity index (χ3n) is 13.4. The summed E-state index contributed by atoms with van der Waals surface area (Å²) in [6.45, 7) is 23.4. The maximum atomic E-state index is 9.04. The number of likely N-dealkylation sites (N-methyl/N-ethyl adjacent to an activating group) is 2. The molecule has 3 aliphatic rings. The molecule has 0 aliphatic carbocycles. The van der Waals surface area contributed by atoms with Crippen LogP contribution < -0.4 is 31.9 Å². The Morgan fingerprint density at radius 1 is 0.571 bits per heavy atom. The molecule has 0 aromatic carbocycles. The summed E-state index contributed by atoms with van der Waals surface area (Å²) in [5.74, 6) is 2.79. The second-order valence-electron chi connectivity index (χ2n) is 17.7. The number of nitrogens with two attached hydrogens (primary N) is 3. The fraction of sp³-hybridized carbons (Fsp3) is 0.553. The summed E-state index contributed by atoms with van der Waals surface area (Å²) in [6.07, 6.45) is 4.06. The molecule has 0 bridgehead atoms. The van der Waals surface area contributed by atoms with Gasteiger partial charge in [-0.1, -0.05) is 39.0 Å². The van der Waals surface area contributed by atoms with E-state index in [9.17, 15) is 0 Å². The topological polar surface area (TPSA) is 170 Å². The largest absolute Gasteiger partial charge is 0.395 e. The molecule has 0 saturated carbocycles. The molecule has 16 nitrogen and oxygen atoms in total. The molecule has 3 saturated heterocycles. The first-order valence-electron chi connectivity index (χ1n) is 23.0. The SMILES string of the molecule is CCc1ccc(C)n2nc(N3CCC(N(C)C)C3)c(N)c12.CCc1ccc(C)n2nc(N3CCN(C)CC3)c(N)c12.CCc1ccc(C)n2nc(N3CCN(CCO)CC3)c(N)c12. The molecule has 7 N–H and O–H groups in total. The van der Waals surface area contributed by atoms with Crippen molar-refractivity contribution in [2.45, 2.75) is 73.3 Å². The minimum Gasteiger partial charge on any atom is -0.395 e. The highest BCUT2D eigenvalue weighted by Crippen LogP contribution is 2.34. The molecule has 6 aromatic heterocycles. The summed E-state index contributed by atoms with van der Waals surface area (Å²) in [7, 11) is 6.44. The van der Waals surface area contributed by atoms with E-state index in [0.717, 1.165) is 159 Å². The Kier molecular flexibility index (Phi) is 14.2. The highest BCUT2D eigenvalue weighted by molar-refractivity contribution is 5.86. The zero-order valence-electron chi connectivity index (χ0n) is 39.4. The van der Waals surface area contributed by atoms with E-state index >= 15 is 0 Å². The van der Waals surface area contributed by atoms with Crippen LogP contribution in [-0.2, 0) is 19.3 Å².